The van der Waals surface area contributed by atoms with Gasteiger partial charge in [-0.3, -0.25) is 0 Å². The molecule has 76 valence electrons. The van der Waals surface area contributed by atoms with Crippen molar-refractivity contribution in [2.24, 2.45) is 0 Å². The summed E-state index contributed by atoms with van der Waals surface area (Å²) in [5.41, 5.74) is 0. The number of halogens is 3. The first-order valence-electron chi connectivity index (χ1n) is 4.52. The van der Waals surface area contributed by atoms with Crippen molar-refractivity contribution >= 4 is 22.5 Å². The molecule has 1 nitrogen and oxygen atoms in total. The fourth-order valence-corrected chi connectivity index (χ4v) is 2.31. The topological polar surface area (TPSA) is 3.24 Å². The molecular formula is C8H14F3NSn. The molecule has 1 saturated heterocycles. The second kappa shape index (κ2) is 4.86. The summed E-state index contributed by atoms with van der Waals surface area (Å²) < 4.78 is 36.4. The van der Waals surface area contributed by atoms with Crippen LogP contribution in [0.25, 0.3) is 0 Å². The van der Waals surface area contributed by atoms with Crippen molar-refractivity contribution in [2.45, 2.75) is 29.4 Å². The SMILES string of the molecule is FC(F)(F)CCN1CC[CH]([SnH])CC1. The van der Waals surface area contributed by atoms with Crippen LogP contribution in [-0.4, -0.2) is 53.2 Å². The fraction of sp³-hybridized carbons (Fsp3) is 1.00. The van der Waals surface area contributed by atoms with Gasteiger partial charge in [0.15, 0.2) is 0 Å². The molecule has 0 unspecified atom stereocenters. The van der Waals surface area contributed by atoms with E-state index in [0.29, 0.717) is 0 Å². The number of alkyl halides is 3. The second-order valence-corrected chi connectivity index (χ2v) is 6.24. The van der Waals surface area contributed by atoms with Crippen LogP contribution in [0.3, 0.4) is 0 Å². The van der Waals surface area contributed by atoms with Crippen LogP contribution in [0.15, 0.2) is 0 Å². The zero-order chi connectivity index (χ0) is 9.90. The Hall–Kier alpha value is 0.549. The van der Waals surface area contributed by atoms with Gasteiger partial charge in [0.05, 0.1) is 0 Å². The number of hydrogen-bond acceptors (Lipinski definition) is 1. The predicted molar refractivity (Wildman–Crippen MR) is 47.2 cm³/mol. The second-order valence-electron chi connectivity index (χ2n) is 3.54. The van der Waals surface area contributed by atoms with E-state index in [2.05, 4.69) is 0 Å². The van der Waals surface area contributed by atoms with Crippen LogP contribution in [0, 0.1) is 0 Å². The van der Waals surface area contributed by atoms with Crippen molar-refractivity contribution in [3.05, 3.63) is 0 Å². The quantitative estimate of drug-likeness (QED) is 0.702. The first-order chi connectivity index (χ1) is 5.97. The van der Waals surface area contributed by atoms with E-state index in [-0.39, 0.29) is 6.54 Å². The van der Waals surface area contributed by atoms with Crippen LogP contribution < -0.4 is 0 Å². The molecule has 0 aromatic heterocycles. The molecule has 0 amide bonds. The van der Waals surface area contributed by atoms with E-state index in [1.807, 2.05) is 4.90 Å². The Labute approximate surface area is 89.8 Å². The van der Waals surface area contributed by atoms with Crippen LogP contribution >= 0.6 is 0 Å². The van der Waals surface area contributed by atoms with Crippen molar-refractivity contribution in [1.29, 1.82) is 0 Å². The Morgan fingerprint density at radius 2 is 1.77 bits per heavy atom. The average molecular weight is 300 g/mol. The summed E-state index contributed by atoms with van der Waals surface area (Å²) in [6, 6.07) is 0. The molecule has 0 saturated carbocycles. The van der Waals surface area contributed by atoms with E-state index in [1.165, 1.54) is 22.5 Å². The molecule has 0 aromatic carbocycles. The zero-order valence-corrected chi connectivity index (χ0v) is 10.8. The molecule has 0 N–H and O–H groups in total. The normalized spacial score (nSPS) is 22.2. The van der Waals surface area contributed by atoms with Gasteiger partial charge in [-0.05, 0) is 0 Å². The third-order valence-corrected chi connectivity index (χ3v) is 4.25. The minimum absolute atomic E-state index is 0.191. The van der Waals surface area contributed by atoms with Gasteiger partial charge in [-0.25, -0.2) is 0 Å². The van der Waals surface area contributed by atoms with Crippen molar-refractivity contribution in [1.82, 2.24) is 4.90 Å². The summed E-state index contributed by atoms with van der Waals surface area (Å²) in [7, 11) is 0. The average Bonchev–Trinajstić information content (AvgIpc) is 2.02. The molecule has 0 atom stereocenters. The molecular weight excluding hydrogens is 286 g/mol. The summed E-state index contributed by atoms with van der Waals surface area (Å²) in [6.45, 7) is 1.92. The molecule has 0 aliphatic carbocycles. The van der Waals surface area contributed by atoms with Gasteiger partial charge < -0.3 is 0 Å². The van der Waals surface area contributed by atoms with Crippen LogP contribution in [-0.2, 0) is 0 Å². The number of hydrogen-bond donors (Lipinski definition) is 0. The van der Waals surface area contributed by atoms with Crippen LogP contribution in [0.5, 0.6) is 0 Å². The molecule has 0 spiro atoms. The summed E-state index contributed by atoms with van der Waals surface area (Å²) >= 11 is 1.25. The van der Waals surface area contributed by atoms with Gasteiger partial charge in [0, 0.05) is 0 Å². The van der Waals surface area contributed by atoms with Crippen LogP contribution in [0.2, 0.25) is 3.93 Å². The summed E-state index contributed by atoms with van der Waals surface area (Å²) in [5, 5.41) is 0. The van der Waals surface area contributed by atoms with E-state index in [1.54, 1.807) is 0 Å². The van der Waals surface area contributed by atoms with Gasteiger partial charge in [0.2, 0.25) is 0 Å². The van der Waals surface area contributed by atoms with E-state index >= 15 is 0 Å². The van der Waals surface area contributed by atoms with Gasteiger partial charge in [0.25, 0.3) is 0 Å². The van der Waals surface area contributed by atoms with Crippen molar-refractivity contribution < 1.29 is 13.2 Å². The van der Waals surface area contributed by atoms with Crippen molar-refractivity contribution in [3.8, 4) is 0 Å². The Morgan fingerprint density at radius 3 is 2.23 bits per heavy atom. The van der Waals surface area contributed by atoms with Gasteiger partial charge in [-0.15, -0.1) is 0 Å². The first-order valence-corrected chi connectivity index (χ1v) is 6.42. The molecule has 1 aliphatic heterocycles. The molecule has 13 heavy (non-hydrogen) atoms. The number of likely N-dealkylation sites (tertiary alicyclic amines) is 1. The summed E-state index contributed by atoms with van der Waals surface area (Å²) in [5.74, 6) is 0. The monoisotopic (exact) mass is 301 g/mol. The maximum atomic E-state index is 11.9. The van der Waals surface area contributed by atoms with Gasteiger partial charge in [0.1, 0.15) is 0 Å². The standard InChI is InChI=1S/C8H13F3N.Sn.H/c9-8(10,11)4-7-12-5-2-1-3-6-12;;/h1H,2-7H2;;. The molecule has 5 heteroatoms. The van der Waals surface area contributed by atoms with Crippen molar-refractivity contribution in [2.75, 3.05) is 19.6 Å². The molecule has 0 bridgehead atoms. The van der Waals surface area contributed by atoms with Gasteiger partial charge in [-0.1, -0.05) is 0 Å². The van der Waals surface area contributed by atoms with E-state index in [9.17, 15) is 13.2 Å². The Morgan fingerprint density at radius 1 is 1.23 bits per heavy atom. The Kier molecular flexibility index (Phi) is 4.35. The van der Waals surface area contributed by atoms with Crippen LogP contribution in [0.1, 0.15) is 19.3 Å². The number of nitrogens with zero attached hydrogens (tertiary/aromatic N) is 1. The summed E-state index contributed by atoms with van der Waals surface area (Å²) in [6.07, 6.45) is -2.45. The predicted octanol–water partition coefficient (Wildman–Crippen LogP) is 1.72. The fourth-order valence-electron chi connectivity index (χ4n) is 1.46. The van der Waals surface area contributed by atoms with E-state index in [4.69, 9.17) is 0 Å². The molecule has 0 aromatic rings. The molecule has 1 heterocycles. The van der Waals surface area contributed by atoms with E-state index in [0.717, 1.165) is 29.9 Å². The molecule has 1 aliphatic rings. The van der Waals surface area contributed by atoms with Crippen molar-refractivity contribution in [3.63, 3.8) is 0 Å². The maximum absolute atomic E-state index is 11.9. The summed E-state index contributed by atoms with van der Waals surface area (Å²) in [4.78, 5) is 1.93. The van der Waals surface area contributed by atoms with E-state index < -0.39 is 12.6 Å². The molecule has 2 radical (unpaired) electrons. The number of rotatable bonds is 2. The Balaban J connectivity index is 2.16. The third-order valence-electron chi connectivity index (χ3n) is 2.34. The first kappa shape index (κ1) is 11.6. The number of piperidine rings is 1. The Bertz CT molecular complexity index is 152. The minimum atomic E-state index is -3.99. The molecule has 1 rings (SSSR count). The van der Waals surface area contributed by atoms with Crippen LogP contribution in [0.4, 0.5) is 13.2 Å². The zero-order valence-electron chi connectivity index (χ0n) is 7.48. The van der Waals surface area contributed by atoms with Gasteiger partial charge in [-0.2, -0.15) is 0 Å². The molecule has 1 fully saturated rings. The van der Waals surface area contributed by atoms with Gasteiger partial charge >= 0.3 is 89.6 Å². The third kappa shape index (κ3) is 5.10.